The lowest BCUT2D eigenvalue weighted by Crippen LogP contribution is -2.22. The van der Waals surface area contributed by atoms with Crippen molar-refractivity contribution in [3.8, 4) is 0 Å². The van der Waals surface area contributed by atoms with Gasteiger partial charge in [0, 0.05) is 12.2 Å². The maximum atomic E-state index is 12.3. The second kappa shape index (κ2) is 5.63. The average Bonchev–Trinajstić information content (AvgIpc) is 2.98. The molecule has 114 valence electrons. The van der Waals surface area contributed by atoms with E-state index in [9.17, 15) is 4.79 Å². The maximum Gasteiger partial charge on any atom is 0.248 e. The van der Waals surface area contributed by atoms with E-state index in [0.29, 0.717) is 5.95 Å². The average molecular weight is 297 g/mol. The summed E-state index contributed by atoms with van der Waals surface area (Å²) in [5.41, 5.74) is 3.78. The van der Waals surface area contributed by atoms with Crippen LogP contribution in [-0.4, -0.2) is 25.2 Å². The molecule has 0 radical (unpaired) electrons. The molecule has 0 aliphatic rings. The Morgan fingerprint density at radius 2 is 2.05 bits per heavy atom. The molecule has 0 unspecified atom stereocenters. The molecule has 6 nitrogen and oxygen atoms in total. The number of carbonyl (C=O) groups is 1. The van der Waals surface area contributed by atoms with Crippen molar-refractivity contribution < 1.29 is 4.79 Å². The molecule has 0 spiro atoms. The lowest BCUT2D eigenvalue weighted by molar-refractivity contribution is -0.117. The number of fused-ring (bicyclic) bond motifs is 1. The van der Waals surface area contributed by atoms with E-state index >= 15 is 0 Å². The summed E-state index contributed by atoms with van der Waals surface area (Å²) < 4.78 is 3.69. The summed E-state index contributed by atoms with van der Waals surface area (Å²) in [5, 5.41) is 7.19. The first-order valence-corrected chi connectivity index (χ1v) is 7.34. The highest BCUT2D eigenvalue weighted by Gasteiger charge is 2.13. The molecule has 3 aromatic rings. The number of hydrogen-bond acceptors (Lipinski definition) is 3. The van der Waals surface area contributed by atoms with Gasteiger partial charge in [0.25, 0.3) is 0 Å². The Morgan fingerprint density at radius 3 is 2.73 bits per heavy atom. The Balaban J connectivity index is 1.83. The van der Waals surface area contributed by atoms with E-state index in [4.69, 9.17) is 0 Å². The van der Waals surface area contributed by atoms with Crippen LogP contribution in [0.4, 0.5) is 5.95 Å². The Morgan fingerprint density at radius 1 is 1.27 bits per heavy atom. The van der Waals surface area contributed by atoms with Gasteiger partial charge in [0.15, 0.2) is 0 Å². The second-order valence-electron chi connectivity index (χ2n) is 5.30. The van der Waals surface area contributed by atoms with E-state index < -0.39 is 0 Å². The number of hydrogen-bond donors (Lipinski definition) is 1. The SMILES string of the molecule is CCn1c(NC(=O)Cn2nc(C)cc2C)nc2ccccc21. The van der Waals surface area contributed by atoms with Gasteiger partial charge in [-0.15, -0.1) is 0 Å². The largest absolute Gasteiger partial charge is 0.310 e. The number of imidazole rings is 1. The summed E-state index contributed by atoms with van der Waals surface area (Å²) in [6.45, 7) is 6.82. The molecule has 0 aliphatic heterocycles. The van der Waals surface area contributed by atoms with Crippen molar-refractivity contribution in [2.75, 3.05) is 5.32 Å². The number of nitrogens with zero attached hydrogens (tertiary/aromatic N) is 4. The lowest BCUT2D eigenvalue weighted by atomic mass is 10.3. The van der Waals surface area contributed by atoms with Crippen LogP contribution >= 0.6 is 0 Å². The molecular formula is C16H19N5O. The normalized spacial score (nSPS) is 11.0. The van der Waals surface area contributed by atoms with Crippen molar-refractivity contribution in [3.63, 3.8) is 0 Å². The van der Waals surface area contributed by atoms with Gasteiger partial charge in [0.05, 0.1) is 16.7 Å². The van der Waals surface area contributed by atoms with Gasteiger partial charge in [-0.05, 0) is 39.0 Å². The van der Waals surface area contributed by atoms with Crippen LogP contribution in [0, 0.1) is 13.8 Å². The van der Waals surface area contributed by atoms with Gasteiger partial charge in [-0.1, -0.05) is 12.1 Å². The number of rotatable bonds is 4. The fourth-order valence-corrected chi connectivity index (χ4v) is 2.63. The Bertz CT molecular complexity index is 830. The van der Waals surface area contributed by atoms with Gasteiger partial charge in [-0.3, -0.25) is 14.8 Å². The molecule has 0 bridgehead atoms. The molecule has 0 aliphatic carbocycles. The van der Waals surface area contributed by atoms with E-state index in [1.165, 1.54) is 0 Å². The molecule has 2 aromatic heterocycles. The number of carbonyl (C=O) groups excluding carboxylic acids is 1. The molecule has 1 amide bonds. The zero-order valence-electron chi connectivity index (χ0n) is 13.0. The van der Waals surface area contributed by atoms with Crippen molar-refractivity contribution in [2.24, 2.45) is 0 Å². The minimum absolute atomic E-state index is 0.129. The first-order chi connectivity index (χ1) is 10.6. The molecule has 6 heteroatoms. The molecular weight excluding hydrogens is 278 g/mol. The van der Waals surface area contributed by atoms with Crippen LogP contribution in [0.2, 0.25) is 0 Å². The third-order valence-electron chi connectivity index (χ3n) is 3.62. The third kappa shape index (κ3) is 2.59. The molecule has 2 heterocycles. The predicted octanol–water partition coefficient (Wildman–Crippen LogP) is 2.51. The zero-order chi connectivity index (χ0) is 15.7. The number of para-hydroxylation sites is 2. The first kappa shape index (κ1) is 14.3. The maximum absolute atomic E-state index is 12.3. The highest BCUT2D eigenvalue weighted by molar-refractivity contribution is 5.91. The smallest absolute Gasteiger partial charge is 0.248 e. The zero-order valence-corrected chi connectivity index (χ0v) is 13.0. The molecule has 1 N–H and O–H groups in total. The van der Waals surface area contributed by atoms with Crippen LogP contribution in [0.5, 0.6) is 0 Å². The number of nitrogens with one attached hydrogen (secondary N) is 1. The van der Waals surface area contributed by atoms with Gasteiger partial charge in [-0.25, -0.2) is 4.98 Å². The van der Waals surface area contributed by atoms with E-state index in [1.54, 1.807) is 4.68 Å². The van der Waals surface area contributed by atoms with Gasteiger partial charge in [-0.2, -0.15) is 5.10 Å². The van der Waals surface area contributed by atoms with E-state index in [1.807, 2.05) is 55.7 Å². The highest BCUT2D eigenvalue weighted by Crippen LogP contribution is 2.19. The van der Waals surface area contributed by atoms with Crippen molar-refractivity contribution in [3.05, 3.63) is 41.7 Å². The summed E-state index contributed by atoms with van der Waals surface area (Å²) in [6, 6.07) is 9.81. The molecule has 0 saturated heterocycles. The summed E-state index contributed by atoms with van der Waals surface area (Å²) in [7, 11) is 0. The van der Waals surface area contributed by atoms with Crippen LogP contribution in [-0.2, 0) is 17.9 Å². The first-order valence-electron chi connectivity index (χ1n) is 7.34. The summed E-state index contributed by atoms with van der Waals surface area (Å²) >= 11 is 0. The Labute approximate surface area is 128 Å². The number of amides is 1. The molecule has 22 heavy (non-hydrogen) atoms. The fraction of sp³-hybridized carbons (Fsp3) is 0.312. The quantitative estimate of drug-likeness (QED) is 0.804. The fourth-order valence-electron chi connectivity index (χ4n) is 2.63. The third-order valence-corrected chi connectivity index (χ3v) is 3.62. The second-order valence-corrected chi connectivity index (χ2v) is 5.30. The van der Waals surface area contributed by atoms with Gasteiger partial charge in [0.1, 0.15) is 6.54 Å². The lowest BCUT2D eigenvalue weighted by Gasteiger charge is -2.08. The highest BCUT2D eigenvalue weighted by atomic mass is 16.2. The Hall–Kier alpha value is -2.63. The van der Waals surface area contributed by atoms with Gasteiger partial charge in [0.2, 0.25) is 11.9 Å². The molecule has 0 saturated carbocycles. The number of aromatic nitrogens is 4. The van der Waals surface area contributed by atoms with Crippen LogP contribution in [0.3, 0.4) is 0 Å². The Kier molecular flexibility index (Phi) is 3.66. The molecule has 3 rings (SSSR count). The molecule has 0 atom stereocenters. The summed E-state index contributed by atoms with van der Waals surface area (Å²) in [5.74, 6) is 0.450. The standard InChI is InChI=1S/C16H19N5O/c1-4-20-14-8-6-5-7-13(14)17-16(20)18-15(22)10-21-12(3)9-11(2)19-21/h5-9H,4,10H2,1-3H3,(H,17,18,22). The molecule has 0 fully saturated rings. The minimum atomic E-state index is -0.129. The van der Waals surface area contributed by atoms with Crippen molar-refractivity contribution >= 4 is 22.9 Å². The predicted molar refractivity (Wildman–Crippen MR) is 85.7 cm³/mol. The minimum Gasteiger partial charge on any atom is -0.310 e. The monoisotopic (exact) mass is 297 g/mol. The van der Waals surface area contributed by atoms with Crippen LogP contribution in [0.25, 0.3) is 11.0 Å². The number of benzene rings is 1. The van der Waals surface area contributed by atoms with Crippen LogP contribution < -0.4 is 5.32 Å². The van der Waals surface area contributed by atoms with Crippen LogP contribution in [0.15, 0.2) is 30.3 Å². The summed E-state index contributed by atoms with van der Waals surface area (Å²) in [4.78, 5) is 16.8. The van der Waals surface area contributed by atoms with Gasteiger partial charge < -0.3 is 4.57 Å². The van der Waals surface area contributed by atoms with Gasteiger partial charge >= 0.3 is 0 Å². The van der Waals surface area contributed by atoms with Crippen molar-refractivity contribution in [1.82, 2.24) is 19.3 Å². The summed E-state index contributed by atoms with van der Waals surface area (Å²) in [6.07, 6.45) is 0. The topological polar surface area (TPSA) is 64.7 Å². The van der Waals surface area contributed by atoms with Crippen molar-refractivity contribution in [2.45, 2.75) is 33.9 Å². The van der Waals surface area contributed by atoms with Crippen LogP contribution in [0.1, 0.15) is 18.3 Å². The number of anilines is 1. The van der Waals surface area contributed by atoms with E-state index in [0.717, 1.165) is 29.0 Å². The number of aryl methyl sites for hydroxylation is 3. The van der Waals surface area contributed by atoms with E-state index in [2.05, 4.69) is 15.4 Å². The van der Waals surface area contributed by atoms with E-state index in [-0.39, 0.29) is 12.5 Å². The molecule has 1 aromatic carbocycles. The van der Waals surface area contributed by atoms with Crippen molar-refractivity contribution in [1.29, 1.82) is 0 Å².